The van der Waals surface area contributed by atoms with Crippen molar-refractivity contribution in [3.63, 3.8) is 0 Å². The number of fused-ring (bicyclic) bond motifs is 2. The number of anilines is 3. The van der Waals surface area contributed by atoms with Gasteiger partial charge in [-0.25, -0.2) is 15.2 Å². The van der Waals surface area contributed by atoms with Gasteiger partial charge in [-0.1, -0.05) is 29.8 Å². The van der Waals surface area contributed by atoms with Crippen LogP contribution in [0, 0.1) is 5.82 Å². The first-order valence-electron chi connectivity index (χ1n) is 12.4. The second-order valence-corrected chi connectivity index (χ2v) is 10.8. The van der Waals surface area contributed by atoms with Gasteiger partial charge in [-0.05, 0) is 91.4 Å². The average Bonchev–Trinajstić information content (AvgIpc) is 3.38. The molecule has 0 radical (unpaired) electrons. The van der Waals surface area contributed by atoms with Gasteiger partial charge in [0.15, 0.2) is 5.50 Å². The third kappa shape index (κ3) is 5.46. The molecule has 5 rings (SSSR count). The summed E-state index contributed by atoms with van der Waals surface area (Å²) < 4.78 is 13.8. The number of hydrogen-bond donors (Lipinski definition) is 2. The normalized spacial score (nSPS) is 16.2. The van der Waals surface area contributed by atoms with Crippen LogP contribution in [-0.4, -0.2) is 23.1 Å². The minimum Gasteiger partial charge on any atom is -0.356 e. The first kappa shape index (κ1) is 25.6. The van der Waals surface area contributed by atoms with Crippen molar-refractivity contribution in [1.29, 1.82) is 0 Å². The molecule has 192 valence electrons. The molecule has 0 bridgehead atoms. The number of benzene rings is 3. The van der Waals surface area contributed by atoms with Crippen molar-refractivity contribution in [2.75, 3.05) is 21.0 Å². The van der Waals surface area contributed by atoms with Crippen LogP contribution in [0.3, 0.4) is 0 Å². The molecule has 0 saturated carbocycles. The van der Waals surface area contributed by atoms with E-state index in [-0.39, 0.29) is 16.8 Å². The Morgan fingerprint density at radius 3 is 2.76 bits per heavy atom. The van der Waals surface area contributed by atoms with Crippen molar-refractivity contribution in [2.24, 2.45) is 5.84 Å². The smallest absolute Gasteiger partial charge is 0.262 e. The van der Waals surface area contributed by atoms with Gasteiger partial charge in [-0.15, -0.1) is 11.8 Å². The lowest BCUT2D eigenvalue weighted by molar-refractivity contribution is -0.118. The number of nitrogens with one attached hydrogen (secondary N) is 1. The third-order valence-electron chi connectivity index (χ3n) is 6.76. The zero-order chi connectivity index (χ0) is 25.9. The summed E-state index contributed by atoms with van der Waals surface area (Å²) in [6, 6.07) is 17.6. The summed E-state index contributed by atoms with van der Waals surface area (Å²) in [7, 11) is 0. The summed E-state index contributed by atoms with van der Waals surface area (Å²) in [5, 5.41) is 4.62. The molecule has 0 spiro atoms. The summed E-state index contributed by atoms with van der Waals surface area (Å²) in [5.74, 6) is 5.98. The number of nitrogens with zero attached hydrogens (tertiary/aromatic N) is 2. The van der Waals surface area contributed by atoms with Crippen LogP contribution in [0.5, 0.6) is 0 Å². The van der Waals surface area contributed by atoms with E-state index >= 15 is 0 Å². The Balaban J connectivity index is 1.19. The first-order valence-corrected chi connectivity index (χ1v) is 13.8. The number of carbonyl (C=O) groups excluding carboxylic acids is 2. The number of thioether (sulfide) groups is 1. The second kappa shape index (κ2) is 11.1. The SMILES string of the molecule is NN(C(=O)CCCCSC1Nc2ccccc2C(=O)N1c1ccc(F)c(Cl)c1)c1ccc2c(c1)CCC2. The van der Waals surface area contributed by atoms with Gasteiger partial charge >= 0.3 is 0 Å². The number of hydrogen-bond acceptors (Lipinski definition) is 5. The fourth-order valence-electron chi connectivity index (χ4n) is 4.78. The molecule has 2 amide bonds. The maximum absolute atomic E-state index is 13.8. The fraction of sp³-hybridized carbons (Fsp3) is 0.286. The van der Waals surface area contributed by atoms with Gasteiger partial charge < -0.3 is 5.32 Å². The largest absolute Gasteiger partial charge is 0.356 e. The molecule has 1 heterocycles. The lowest BCUT2D eigenvalue weighted by atomic mass is 10.1. The molecule has 1 atom stereocenters. The maximum Gasteiger partial charge on any atom is 0.262 e. The standard InChI is InChI=1S/C28H28ClFN4O2S/c29-23-17-20(13-14-24(23)30)33-27(36)22-8-1-2-9-25(22)32-28(33)37-15-4-3-10-26(35)34(31)21-12-11-18-6-5-7-19(18)16-21/h1-2,8-9,11-14,16-17,28,32H,3-7,10,15,31H2. The minimum absolute atomic E-state index is 0.0406. The third-order valence-corrected chi connectivity index (χ3v) is 8.22. The van der Waals surface area contributed by atoms with Gasteiger partial charge in [0, 0.05) is 17.8 Å². The van der Waals surface area contributed by atoms with E-state index in [9.17, 15) is 14.0 Å². The van der Waals surface area contributed by atoms with Gasteiger partial charge in [0.1, 0.15) is 5.82 Å². The van der Waals surface area contributed by atoms with E-state index < -0.39 is 11.3 Å². The quantitative estimate of drug-likeness (QED) is 0.156. The molecule has 0 fully saturated rings. The van der Waals surface area contributed by atoms with Crippen LogP contribution in [0.1, 0.15) is 47.2 Å². The van der Waals surface area contributed by atoms with E-state index in [0.29, 0.717) is 29.8 Å². The van der Waals surface area contributed by atoms with Crippen molar-refractivity contribution >= 4 is 52.2 Å². The van der Waals surface area contributed by atoms with Crippen LogP contribution in [-0.2, 0) is 17.6 Å². The Bertz CT molecular complexity index is 1340. The number of unbranched alkanes of at least 4 members (excludes halogenated alkanes) is 1. The molecular formula is C28H28ClFN4O2S. The van der Waals surface area contributed by atoms with Gasteiger partial charge in [-0.3, -0.25) is 14.5 Å². The molecule has 6 nitrogen and oxygen atoms in total. The number of carbonyl (C=O) groups is 2. The lowest BCUT2D eigenvalue weighted by Crippen LogP contribution is -2.47. The summed E-state index contributed by atoms with van der Waals surface area (Å²) in [5.41, 5.74) is 4.75. The topological polar surface area (TPSA) is 78.7 Å². The Morgan fingerprint density at radius 2 is 1.92 bits per heavy atom. The van der Waals surface area contributed by atoms with Crippen molar-refractivity contribution in [1.82, 2.24) is 0 Å². The molecular weight excluding hydrogens is 511 g/mol. The van der Waals surface area contributed by atoms with Gasteiger partial charge in [0.05, 0.1) is 16.3 Å². The van der Waals surface area contributed by atoms with Gasteiger partial charge in [-0.2, -0.15) is 0 Å². The molecule has 3 aromatic rings. The van der Waals surface area contributed by atoms with E-state index in [0.717, 1.165) is 37.1 Å². The number of para-hydroxylation sites is 1. The molecule has 37 heavy (non-hydrogen) atoms. The first-order chi connectivity index (χ1) is 17.9. The molecule has 9 heteroatoms. The highest BCUT2D eigenvalue weighted by molar-refractivity contribution is 8.00. The molecule has 2 aliphatic rings. The van der Waals surface area contributed by atoms with Gasteiger partial charge in [0.25, 0.3) is 5.91 Å². The van der Waals surface area contributed by atoms with Crippen molar-refractivity contribution in [3.8, 4) is 0 Å². The molecule has 1 aliphatic carbocycles. The lowest BCUT2D eigenvalue weighted by Gasteiger charge is -2.37. The van der Waals surface area contributed by atoms with E-state index in [1.165, 1.54) is 28.3 Å². The summed E-state index contributed by atoms with van der Waals surface area (Å²) in [6.45, 7) is 0. The van der Waals surface area contributed by atoms with Crippen molar-refractivity contribution in [2.45, 2.75) is 44.0 Å². The second-order valence-electron chi connectivity index (χ2n) is 9.21. The molecule has 1 aliphatic heterocycles. The zero-order valence-corrected chi connectivity index (χ0v) is 21.8. The molecule has 3 aromatic carbocycles. The summed E-state index contributed by atoms with van der Waals surface area (Å²) in [4.78, 5) is 27.6. The van der Waals surface area contributed by atoms with Crippen LogP contribution < -0.4 is 21.1 Å². The van der Waals surface area contributed by atoms with E-state index in [1.54, 1.807) is 28.8 Å². The Hall–Kier alpha value is -3.07. The van der Waals surface area contributed by atoms with Crippen LogP contribution in [0.25, 0.3) is 0 Å². The predicted molar refractivity (Wildman–Crippen MR) is 149 cm³/mol. The highest BCUT2D eigenvalue weighted by Crippen LogP contribution is 2.35. The number of halogens is 2. The van der Waals surface area contributed by atoms with Crippen LogP contribution >= 0.6 is 23.4 Å². The molecule has 1 unspecified atom stereocenters. The number of nitrogens with two attached hydrogens (primary N) is 1. The van der Waals surface area contributed by atoms with E-state index in [4.69, 9.17) is 17.4 Å². The molecule has 0 aromatic heterocycles. The van der Waals surface area contributed by atoms with Crippen molar-refractivity contribution < 1.29 is 14.0 Å². The fourth-order valence-corrected chi connectivity index (χ4v) is 6.12. The summed E-state index contributed by atoms with van der Waals surface area (Å²) >= 11 is 7.56. The highest BCUT2D eigenvalue weighted by atomic mass is 35.5. The highest BCUT2D eigenvalue weighted by Gasteiger charge is 2.33. The number of rotatable bonds is 8. The average molecular weight is 539 g/mol. The number of aryl methyl sites for hydroxylation is 2. The van der Waals surface area contributed by atoms with Crippen LogP contribution in [0.15, 0.2) is 60.7 Å². The minimum atomic E-state index is -0.536. The van der Waals surface area contributed by atoms with E-state index in [1.807, 2.05) is 30.3 Å². The number of hydrazine groups is 1. The summed E-state index contributed by atoms with van der Waals surface area (Å²) in [6.07, 6.45) is 5.04. The van der Waals surface area contributed by atoms with Crippen LogP contribution in [0.4, 0.5) is 21.5 Å². The van der Waals surface area contributed by atoms with E-state index in [2.05, 4.69) is 11.4 Å². The Kier molecular flexibility index (Phi) is 7.69. The van der Waals surface area contributed by atoms with Crippen LogP contribution in [0.2, 0.25) is 5.02 Å². The Labute approximate surface area is 224 Å². The predicted octanol–water partition coefficient (Wildman–Crippen LogP) is 6.13. The zero-order valence-electron chi connectivity index (χ0n) is 20.3. The van der Waals surface area contributed by atoms with Crippen molar-refractivity contribution in [3.05, 3.63) is 88.2 Å². The maximum atomic E-state index is 13.8. The number of amides is 2. The molecule has 0 saturated heterocycles. The Morgan fingerprint density at radius 1 is 1.11 bits per heavy atom. The molecule has 3 N–H and O–H groups in total. The van der Waals surface area contributed by atoms with Gasteiger partial charge in [0.2, 0.25) is 5.91 Å². The monoisotopic (exact) mass is 538 g/mol.